The zero-order chi connectivity index (χ0) is 20.5. The smallest absolute Gasteiger partial charge is 0.341 e. The van der Waals surface area contributed by atoms with Gasteiger partial charge < -0.3 is 14.8 Å². The van der Waals surface area contributed by atoms with Gasteiger partial charge >= 0.3 is 5.97 Å². The number of amides is 1. The lowest BCUT2D eigenvalue weighted by atomic mass is 10.1. The Morgan fingerprint density at radius 2 is 2.10 bits per heavy atom. The largest absolute Gasteiger partial charge is 0.462 e. The average Bonchev–Trinajstić information content (AvgIpc) is 3.34. The molecule has 8 heteroatoms. The van der Waals surface area contributed by atoms with Crippen molar-refractivity contribution in [1.29, 1.82) is 0 Å². The van der Waals surface area contributed by atoms with E-state index in [4.69, 9.17) is 9.47 Å². The molecule has 0 unspecified atom stereocenters. The number of thiophene rings is 2. The molecule has 1 fully saturated rings. The topological polar surface area (TPSA) is 64.6 Å². The molecule has 152 valence electrons. The van der Waals surface area contributed by atoms with Gasteiger partial charge in [-0.3, -0.25) is 4.79 Å². The van der Waals surface area contributed by atoms with Crippen LogP contribution in [-0.4, -0.2) is 25.6 Å². The number of fused-ring (bicyclic) bond motifs is 1. The second-order valence-corrected chi connectivity index (χ2v) is 8.73. The van der Waals surface area contributed by atoms with Gasteiger partial charge in [-0.05, 0) is 48.8 Å². The van der Waals surface area contributed by atoms with Crippen molar-refractivity contribution in [3.63, 3.8) is 0 Å². The highest BCUT2D eigenvalue weighted by Gasteiger charge is 2.33. The summed E-state index contributed by atoms with van der Waals surface area (Å²) in [4.78, 5) is 26.0. The molecule has 1 aromatic carbocycles. The van der Waals surface area contributed by atoms with Crippen molar-refractivity contribution in [2.24, 2.45) is 0 Å². The minimum Gasteiger partial charge on any atom is -0.462 e. The first-order chi connectivity index (χ1) is 14.0. The molecule has 0 atom stereocenters. The van der Waals surface area contributed by atoms with Crippen LogP contribution < -0.4 is 5.32 Å². The van der Waals surface area contributed by atoms with Crippen molar-refractivity contribution >= 4 is 49.6 Å². The molecule has 5 nitrogen and oxygen atoms in total. The van der Waals surface area contributed by atoms with Gasteiger partial charge in [-0.15, -0.1) is 22.7 Å². The van der Waals surface area contributed by atoms with E-state index in [1.807, 2.05) is 5.38 Å². The molecule has 0 saturated heterocycles. The van der Waals surface area contributed by atoms with Crippen LogP contribution in [0.5, 0.6) is 0 Å². The third-order valence-corrected chi connectivity index (χ3v) is 6.91. The van der Waals surface area contributed by atoms with Crippen LogP contribution in [0.15, 0.2) is 23.6 Å². The quantitative estimate of drug-likeness (QED) is 0.496. The van der Waals surface area contributed by atoms with Crippen LogP contribution in [0.3, 0.4) is 0 Å². The first-order valence-electron chi connectivity index (χ1n) is 9.33. The van der Waals surface area contributed by atoms with E-state index in [-0.39, 0.29) is 24.9 Å². The number of hydrogen-bond donors (Lipinski definition) is 1. The predicted octanol–water partition coefficient (Wildman–Crippen LogP) is 5.55. The van der Waals surface area contributed by atoms with Gasteiger partial charge in [-0.2, -0.15) is 0 Å². The average molecular weight is 434 g/mol. The van der Waals surface area contributed by atoms with Crippen molar-refractivity contribution in [3.05, 3.63) is 51.0 Å². The van der Waals surface area contributed by atoms with Gasteiger partial charge in [0.1, 0.15) is 10.8 Å². The Kier molecular flexibility index (Phi) is 5.67. The van der Waals surface area contributed by atoms with Crippen LogP contribution in [0.1, 0.15) is 56.8 Å². The Bertz CT molecular complexity index is 1080. The molecule has 3 aromatic rings. The Morgan fingerprint density at radius 3 is 2.79 bits per heavy atom. The van der Waals surface area contributed by atoms with E-state index in [1.54, 1.807) is 19.1 Å². The fraction of sp³-hybridized carbons (Fsp3) is 0.333. The molecule has 0 bridgehead atoms. The maximum absolute atomic E-state index is 14.4. The van der Waals surface area contributed by atoms with Gasteiger partial charge in [0.25, 0.3) is 5.91 Å². The summed E-state index contributed by atoms with van der Waals surface area (Å²) < 4.78 is 25.5. The maximum atomic E-state index is 14.4. The van der Waals surface area contributed by atoms with Crippen LogP contribution in [-0.2, 0) is 16.1 Å². The second-order valence-electron chi connectivity index (χ2n) is 6.80. The van der Waals surface area contributed by atoms with E-state index in [0.717, 1.165) is 18.4 Å². The van der Waals surface area contributed by atoms with Gasteiger partial charge in [-0.25, -0.2) is 9.18 Å². The Hall–Kier alpha value is -2.29. The van der Waals surface area contributed by atoms with Crippen molar-refractivity contribution in [2.45, 2.75) is 32.3 Å². The van der Waals surface area contributed by atoms with Crippen LogP contribution >= 0.6 is 22.7 Å². The zero-order valence-electron chi connectivity index (χ0n) is 16.0. The summed E-state index contributed by atoms with van der Waals surface area (Å²) >= 11 is 2.53. The van der Waals surface area contributed by atoms with Gasteiger partial charge in [0.2, 0.25) is 0 Å². The molecule has 4 rings (SSSR count). The van der Waals surface area contributed by atoms with E-state index in [9.17, 15) is 14.0 Å². The number of rotatable bonds is 7. The van der Waals surface area contributed by atoms with Gasteiger partial charge in [0.15, 0.2) is 0 Å². The number of carbonyl (C=O) groups excluding carboxylic acids is 2. The number of ether oxygens (including phenoxy) is 2. The molecule has 0 radical (unpaired) electrons. The highest BCUT2D eigenvalue weighted by molar-refractivity contribution is 7.21. The van der Waals surface area contributed by atoms with Crippen LogP contribution in [0.4, 0.5) is 9.39 Å². The number of carbonyl (C=O) groups is 2. The van der Waals surface area contributed by atoms with Crippen molar-refractivity contribution < 1.29 is 23.5 Å². The van der Waals surface area contributed by atoms with Crippen molar-refractivity contribution in [3.8, 4) is 0 Å². The Morgan fingerprint density at radius 1 is 1.31 bits per heavy atom. The van der Waals surface area contributed by atoms with Gasteiger partial charge in [0, 0.05) is 22.8 Å². The summed E-state index contributed by atoms with van der Waals surface area (Å²) in [7, 11) is 1.51. The first kappa shape index (κ1) is 20.0. The molecule has 29 heavy (non-hydrogen) atoms. The minimum atomic E-state index is -0.426. The predicted molar refractivity (Wildman–Crippen MR) is 113 cm³/mol. The Balaban J connectivity index is 1.71. The van der Waals surface area contributed by atoms with E-state index in [2.05, 4.69) is 5.32 Å². The molecular weight excluding hydrogens is 413 g/mol. The summed E-state index contributed by atoms with van der Waals surface area (Å²) in [5.74, 6) is -0.846. The zero-order valence-corrected chi connectivity index (χ0v) is 17.7. The molecule has 1 saturated carbocycles. The van der Waals surface area contributed by atoms with Gasteiger partial charge in [-0.1, -0.05) is 6.07 Å². The SMILES string of the molecule is CCOC(=O)c1c(C2CC2)csc1NC(=O)c1sc2cccc(F)c2c1COC. The van der Waals surface area contributed by atoms with E-state index in [1.165, 1.54) is 35.8 Å². The fourth-order valence-corrected chi connectivity index (χ4v) is 5.51. The summed E-state index contributed by atoms with van der Waals surface area (Å²) in [6, 6.07) is 4.77. The summed E-state index contributed by atoms with van der Waals surface area (Å²) in [5.41, 5.74) is 1.89. The molecule has 0 aliphatic heterocycles. The van der Waals surface area contributed by atoms with Crippen LogP contribution in [0.2, 0.25) is 0 Å². The molecule has 1 N–H and O–H groups in total. The van der Waals surface area contributed by atoms with Gasteiger partial charge in [0.05, 0.1) is 23.7 Å². The number of esters is 1. The first-order valence-corrected chi connectivity index (χ1v) is 11.0. The fourth-order valence-electron chi connectivity index (χ4n) is 3.36. The molecule has 0 spiro atoms. The standard InChI is InChI=1S/C21H20FNO4S2/c1-3-27-21(25)17-13(11-7-8-11)10-28-20(17)23-19(24)18-12(9-26-2)16-14(22)5-4-6-15(16)29-18/h4-6,10-11H,3,7-9H2,1-2H3,(H,23,24). The maximum Gasteiger partial charge on any atom is 0.341 e. The third-order valence-electron chi connectivity index (χ3n) is 4.80. The van der Waals surface area contributed by atoms with E-state index >= 15 is 0 Å². The number of halogens is 1. The highest BCUT2D eigenvalue weighted by Crippen LogP contribution is 2.46. The lowest BCUT2D eigenvalue weighted by Crippen LogP contribution is -2.15. The number of benzene rings is 1. The lowest BCUT2D eigenvalue weighted by molar-refractivity contribution is 0.0527. The second kappa shape index (κ2) is 8.22. The summed E-state index contributed by atoms with van der Waals surface area (Å²) in [6.45, 7) is 2.13. The molecule has 2 heterocycles. The van der Waals surface area contributed by atoms with Crippen LogP contribution in [0.25, 0.3) is 10.1 Å². The monoisotopic (exact) mass is 433 g/mol. The molecule has 1 aliphatic rings. The number of hydrogen-bond acceptors (Lipinski definition) is 6. The van der Waals surface area contributed by atoms with Crippen LogP contribution in [0, 0.1) is 5.82 Å². The van der Waals surface area contributed by atoms with Crippen molar-refractivity contribution in [1.82, 2.24) is 0 Å². The third kappa shape index (κ3) is 3.80. The normalized spacial score (nSPS) is 13.6. The minimum absolute atomic E-state index is 0.117. The Labute approximate surface area is 175 Å². The molecule has 1 amide bonds. The number of methoxy groups -OCH3 is 1. The number of nitrogens with one attached hydrogen (secondary N) is 1. The van der Waals surface area contributed by atoms with E-state index in [0.29, 0.717) is 37.0 Å². The molecular formula is C21H20FNO4S2. The number of anilines is 1. The summed E-state index contributed by atoms with van der Waals surface area (Å²) in [5, 5.41) is 5.65. The molecule has 2 aromatic heterocycles. The van der Waals surface area contributed by atoms with Crippen molar-refractivity contribution in [2.75, 3.05) is 19.0 Å². The lowest BCUT2D eigenvalue weighted by Gasteiger charge is -2.09. The highest BCUT2D eigenvalue weighted by atomic mass is 32.1. The molecule has 1 aliphatic carbocycles. The van der Waals surface area contributed by atoms with E-state index < -0.39 is 5.97 Å². The summed E-state index contributed by atoms with van der Waals surface area (Å²) in [6.07, 6.45) is 2.06.